The third kappa shape index (κ3) is 4.69. The van der Waals surface area contributed by atoms with E-state index in [2.05, 4.69) is 20.7 Å². The molecular formula is C9H12BrCl2NO2S2. The second-order valence-electron chi connectivity index (χ2n) is 3.73. The summed E-state index contributed by atoms with van der Waals surface area (Å²) in [6.07, 6.45) is 0.689. The summed E-state index contributed by atoms with van der Waals surface area (Å²) in [5.41, 5.74) is 0. The Kier molecular flexibility index (Phi) is 5.75. The first-order valence-electron chi connectivity index (χ1n) is 4.83. The van der Waals surface area contributed by atoms with Gasteiger partial charge in [0.25, 0.3) is 0 Å². The van der Waals surface area contributed by atoms with Crippen LogP contribution in [-0.2, 0) is 10.0 Å². The number of rotatable bonds is 5. The van der Waals surface area contributed by atoms with E-state index in [1.165, 1.54) is 6.07 Å². The monoisotopic (exact) mass is 379 g/mol. The first kappa shape index (κ1) is 15.7. The molecule has 0 aromatic carbocycles. The molecule has 1 heterocycles. The number of alkyl halides is 1. The van der Waals surface area contributed by atoms with Gasteiger partial charge in [0.1, 0.15) is 9.23 Å². The molecule has 0 bridgehead atoms. The molecule has 8 heteroatoms. The highest BCUT2D eigenvalue weighted by atomic mass is 79.9. The van der Waals surface area contributed by atoms with Gasteiger partial charge in [0.15, 0.2) is 0 Å². The van der Waals surface area contributed by atoms with Gasteiger partial charge in [-0.05, 0) is 19.4 Å². The van der Waals surface area contributed by atoms with E-state index in [0.717, 1.165) is 11.3 Å². The van der Waals surface area contributed by atoms with Gasteiger partial charge in [0.05, 0.1) is 4.34 Å². The number of thiophene rings is 1. The Morgan fingerprint density at radius 2 is 2.06 bits per heavy atom. The Morgan fingerprint density at radius 3 is 2.47 bits per heavy atom. The van der Waals surface area contributed by atoms with Crippen molar-refractivity contribution in [1.82, 2.24) is 4.72 Å². The predicted molar refractivity (Wildman–Crippen MR) is 77.1 cm³/mol. The molecule has 98 valence electrons. The van der Waals surface area contributed by atoms with E-state index in [-0.39, 0.29) is 20.1 Å². The summed E-state index contributed by atoms with van der Waals surface area (Å²) >= 11 is 16.0. The summed E-state index contributed by atoms with van der Waals surface area (Å²) in [6, 6.07) is 1.19. The van der Waals surface area contributed by atoms with Crippen LogP contribution >= 0.6 is 50.5 Å². The van der Waals surface area contributed by atoms with Crippen LogP contribution in [0.15, 0.2) is 11.0 Å². The van der Waals surface area contributed by atoms with E-state index in [1.54, 1.807) is 6.92 Å². The van der Waals surface area contributed by atoms with Crippen LogP contribution in [0.4, 0.5) is 0 Å². The third-order valence-corrected chi connectivity index (χ3v) is 5.67. The lowest BCUT2D eigenvalue weighted by atomic mass is 10.2. The molecule has 0 radical (unpaired) electrons. The summed E-state index contributed by atoms with van der Waals surface area (Å²) in [6.45, 7) is 3.76. The zero-order chi connectivity index (χ0) is 13.2. The van der Waals surface area contributed by atoms with Crippen molar-refractivity contribution >= 4 is 60.5 Å². The van der Waals surface area contributed by atoms with Gasteiger partial charge in [-0.1, -0.05) is 46.1 Å². The third-order valence-electron chi connectivity index (χ3n) is 1.95. The molecule has 0 saturated carbocycles. The molecule has 17 heavy (non-hydrogen) atoms. The molecular weight excluding hydrogens is 369 g/mol. The van der Waals surface area contributed by atoms with Crippen molar-refractivity contribution in [3.63, 3.8) is 0 Å². The van der Waals surface area contributed by atoms with E-state index in [9.17, 15) is 8.42 Å². The maximum absolute atomic E-state index is 12.0. The van der Waals surface area contributed by atoms with Gasteiger partial charge in [-0.2, -0.15) is 0 Å². The van der Waals surface area contributed by atoms with Crippen LogP contribution in [0.2, 0.25) is 8.67 Å². The Bertz CT molecular complexity index is 487. The van der Waals surface area contributed by atoms with Crippen molar-refractivity contribution in [2.24, 2.45) is 0 Å². The minimum Gasteiger partial charge on any atom is -0.208 e. The molecule has 0 spiro atoms. The van der Waals surface area contributed by atoms with Gasteiger partial charge in [-0.15, -0.1) is 11.3 Å². The average molecular weight is 381 g/mol. The Hall–Kier alpha value is 0.670. The number of hydrogen-bond acceptors (Lipinski definition) is 3. The molecule has 1 N–H and O–H groups in total. The minimum atomic E-state index is -3.59. The summed E-state index contributed by atoms with van der Waals surface area (Å²) in [4.78, 5) is 0.282. The van der Waals surface area contributed by atoms with E-state index in [0.29, 0.717) is 10.8 Å². The minimum absolute atomic E-state index is 0.0447. The average Bonchev–Trinajstić information content (AvgIpc) is 2.42. The highest BCUT2D eigenvalue weighted by Crippen LogP contribution is 2.34. The Labute approximate surface area is 124 Å². The predicted octanol–water partition coefficient (Wildman–Crippen LogP) is 3.90. The largest absolute Gasteiger partial charge is 0.243 e. The molecule has 3 nitrogen and oxygen atoms in total. The van der Waals surface area contributed by atoms with Gasteiger partial charge < -0.3 is 0 Å². The number of hydrogen-bond donors (Lipinski definition) is 1. The van der Waals surface area contributed by atoms with Gasteiger partial charge in [0, 0.05) is 10.9 Å². The van der Waals surface area contributed by atoms with Gasteiger partial charge in [-0.25, -0.2) is 13.1 Å². The summed E-state index contributed by atoms with van der Waals surface area (Å²) in [7, 11) is -3.59. The van der Waals surface area contributed by atoms with Crippen molar-refractivity contribution < 1.29 is 8.42 Å². The second-order valence-corrected chi connectivity index (χ2v) is 9.26. The van der Waals surface area contributed by atoms with Gasteiger partial charge in [-0.3, -0.25) is 0 Å². The number of nitrogens with one attached hydrogen (secondary N) is 1. The molecule has 1 aromatic heterocycles. The SMILES string of the molecule is CC(Br)CC(C)NS(=O)(=O)c1cc(Cl)sc1Cl. The van der Waals surface area contributed by atoms with Crippen molar-refractivity contribution in [1.29, 1.82) is 0 Å². The Morgan fingerprint density at radius 1 is 1.47 bits per heavy atom. The highest BCUT2D eigenvalue weighted by Gasteiger charge is 2.23. The van der Waals surface area contributed by atoms with Crippen LogP contribution in [0.3, 0.4) is 0 Å². The van der Waals surface area contributed by atoms with E-state index in [4.69, 9.17) is 23.2 Å². The van der Waals surface area contributed by atoms with Crippen LogP contribution < -0.4 is 4.72 Å². The van der Waals surface area contributed by atoms with E-state index in [1.807, 2.05) is 6.92 Å². The van der Waals surface area contributed by atoms with Crippen molar-refractivity contribution in [3.8, 4) is 0 Å². The van der Waals surface area contributed by atoms with Crippen LogP contribution in [0.5, 0.6) is 0 Å². The lowest BCUT2D eigenvalue weighted by Crippen LogP contribution is -2.33. The molecule has 0 saturated heterocycles. The molecule has 0 fully saturated rings. The van der Waals surface area contributed by atoms with Gasteiger partial charge >= 0.3 is 0 Å². The van der Waals surface area contributed by atoms with Crippen LogP contribution in [0.1, 0.15) is 20.3 Å². The van der Waals surface area contributed by atoms with Crippen molar-refractivity contribution in [2.75, 3.05) is 0 Å². The van der Waals surface area contributed by atoms with Crippen molar-refractivity contribution in [2.45, 2.75) is 36.0 Å². The van der Waals surface area contributed by atoms with E-state index >= 15 is 0 Å². The second kappa shape index (κ2) is 6.21. The maximum atomic E-state index is 12.0. The van der Waals surface area contributed by atoms with Crippen LogP contribution in [0.25, 0.3) is 0 Å². The molecule has 0 aliphatic rings. The lowest BCUT2D eigenvalue weighted by molar-refractivity contribution is 0.548. The fraction of sp³-hybridized carbons (Fsp3) is 0.556. The summed E-state index contributed by atoms with van der Waals surface area (Å²) in [5.74, 6) is 0. The molecule has 2 unspecified atom stereocenters. The fourth-order valence-corrected chi connectivity index (χ4v) is 5.34. The first-order valence-corrected chi connectivity index (χ1v) is 8.80. The molecule has 0 aliphatic carbocycles. The quantitative estimate of drug-likeness (QED) is 0.787. The highest BCUT2D eigenvalue weighted by molar-refractivity contribution is 9.09. The van der Waals surface area contributed by atoms with Gasteiger partial charge in [0.2, 0.25) is 10.0 Å². The molecule has 1 rings (SSSR count). The molecule has 1 aromatic rings. The molecule has 2 atom stereocenters. The Balaban J connectivity index is 2.86. The van der Waals surface area contributed by atoms with E-state index < -0.39 is 10.0 Å². The molecule has 0 aliphatic heterocycles. The smallest absolute Gasteiger partial charge is 0.208 e. The fourth-order valence-electron chi connectivity index (χ4n) is 1.37. The van der Waals surface area contributed by atoms with Crippen molar-refractivity contribution in [3.05, 3.63) is 14.7 Å². The summed E-state index contributed by atoms with van der Waals surface area (Å²) in [5, 5.41) is 0. The standard InChI is InChI=1S/C9H12BrCl2NO2S2/c1-5(10)3-6(2)13-17(14,15)7-4-8(11)16-9(7)12/h4-6,13H,3H2,1-2H3. The first-order chi connectivity index (χ1) is 7.72. The summed E-state index contributed by atoms with van der Waals surface area (Å²) < 4.78 is 27.1. The lowest BCUT2D eigenvalue weighted by Gasteiger charge is -2.14. The van der Waals surface area contributed by atoms with Crippen LogP contribution in [-0.4, -0.2) is 19.3 Å². The topological polar surface area (TPSA) is 46.2 Å². The number of halogens is 3. The maximum Gasteiger partial charge on any atom is 0.243 e. The zero-order valence-corrected chi connectivity index (χ0v) is 13.9. The zero-order valence-electron chi connectivity index (χ0n) is 9.21. The number of sulfonamides is 1. The molecule has 0 amide bonds. The van der Waals surface area contributed by atoms with Crippen LogP contribution in [0, 0.1) is 0 Å². The normalized spacial score (nSPS) is 15.8.